The molecular weight excluding hydrogens is 502 g/mol. The maximum atomic E-state index is 11.9. The molecule has 0 spiro atoms. The van der Waals surface area contributed by atoms with Crippen LogP contribution in [0.15, 0.2) is 84.9 Å². The van der Waals surface area contributed by atoms with Crippen molar-refractivity contribution in [1.82, 2.24) is 4.31 Å². The molecule has 2 N–H and O–H groups in total. The van der Waals surface area contributed by atoms with Gasteiger partial charge in [-0.15, -0.1) is 0 Å². The van der Waals surface area contributed by atoms with E-state index < -0.39 is 40.0 Å². The van der Waals surface area contributed by atoms with Crippen molar-refractivity contribution in [1.29, 1.82) is 0 Å². The Morgan fingerprint density at radius 2 is 1.36 bits per heavy atom. The van der Waals surface area contributed by atoms with Gasteiger partial charge in [-0.05, 0) is 38.0 Å². The lowest BCUT2D eigenvalue weighted by Crippen LogP contribution is -2.50. The van der Waals surface area contributed by atoms with Gasteiger partial charge >= 0.3 is 11.9 Å². The molecule has 1 aliphatic carbocycles. The molecular formula is C27H30ClNO6S. The van der Waals surface area contributed by atoms with Crippen molar-refractivity contribution < 1.29 is 28.2 Å². The highest BCUT2D eigenvalue weighted by molar-refractivity contribution is 7.88. The molecule has 0 aromatic heterocycles. The number of rotatable bonds is 6. The summed E-state index contributed by atoms with van der Waals surface area (Å²) in [4.78, 5) is 22.6. The molecule has 0 bridgehead atoms. The van der Waals surface area contributed by atoms with E-state index in [-0.39, 0.29) is 6.42 Å². The fourth-order valence-corrected chi connectivity index (χ4v) is 5.05. The van der Waals surface area contributed by atoms with Gasteiger partial charge in [0, 0.05) is 10.9 Å². The minimum absolute atomic E-state index is 0.0613. The third-order valence-electron chi connectivity index (χ3n) is 5.58. The third-order valence-corrected chi connectivity index (χ3v) is 7.09. The second-order valence-corrected chi connectivity index (χ2v) is 10.9. The van der Waals surface area contributed by atoms with Crippen LogP contribution < -0.4 is 0 Å². The summed E-state index contributed by atoms with van der Waals surface area (Å²) in [6, 6.07) is 26.8. The lowest BCUT2D eigenvalue weighted by Gasteiger charge is -2.26. The number of carboxylic acids is 2. The van der Waals surface area contributed by atoms with E-state index >= 15 is 0 Å². The fourth-order valence-electron chi connectivity index (χ4n) is 3.69. The molecule has 0 aliphatic heterocycles. The highest BCUT2D eigenvalue weighted by atomic mass is 35.5. The van der Waals surface area contributed by atoms with E-state index in [1.807, 2.05) is 67.6 Å². The van der Waals surface area contributed by atoms with Gasteiger partial charge < -0.3 is 10.2 Å². The van der Waals surface area contributed by atoms with Crippen LogP contribution in [-0.2, 0) is 19.6 Å². The number of aliphatic carboxylic acids is 2. The highest BCUT2D eigenvalue weighted by Crippen LogP contribution is 2.56. The van der Waals surface area contributed by atoms with Crippen molar-refractivity contribution >= 4 is 33.6 Å². The Morgan fingerprint density at radius 3 is 1.69 bits per heavy atom. The van der Waals surface area contributed by atoms with Crippen LogP contribution in [0.1, 0.15) is 29.0 Å². The molecule has 0 amide bonds. The lowest BCUT2D eigenvalue weighted by atomic mass is 10.0. The van der Waals surface area contributed by atoms with Crippen molar-refractivity contribution in [2.45, 2.75) is 31.7 Å². The van der Waals surface area contributed by atoms with Gasteiger partial charge in [-0.2, -0.15) is 4.31 Å². The predicted molar refractivity (Wildman–Crippen MR) is 141 cm³/mol. The maximum Gasteiger partial charge on any atom is 0.325 e. The molecule has 0 heterocycles. The van der Waals surface area contributed by atoms with Gasteiger partial charge in [0.15, 0.2) is 0 Å². The molecule has 2 unspecified atom stereocenters. The van der Waals surface area contributed by atoms with Gasteiger partial charge in [0.1, 0.15) is 12.1 Å². The van der Waals surface area contributed by atoms with Crippen LogP contribution in [0.3, 0.4) is 0 Å². The summed E-state index contributed by atoms with van der Waals surface area (Å²) >= 11 is 5.54. The fraction of sp³-hybridized carbons (Fsp3) is 0.259. The predicted octanol–water partition coefficient (Wildman–Crippen LogP) is 4.99. The van der Waals surface area contributed by atoms with Gasteiger partial charge in [-0.1, -0.05) is 95.5 Å². The van der Waals surface area contributed by atoms with Crippen LogP contribution in [-0.4, -0.2) is 53.2 Å². The summed E-state index contributed by atoms with van der Waals surface area (Å²) in [5.41, 5.74) is 1.28. The number of sulfonamides is 1. The monoisotopic (exact) mass is 531 g/mol. The quantitative estimate of drug-likeness (QED) is 0.463. The Kier molecular flexibility index (Phi) is 10.2. The first-order valence-corrected chi connectivity index (χ1v) is 13.3. The SMILES string of the molecule is Cc1ccc(C2CC2(C(=O)O)N(CC(=O)O)S(C)(=O)=O)cc1.Cc1ccccc1.Clc1ccccc1. The van der Waals surface area contributed by atoms with E-state index in [4.69, 9.17) is 16.7 Å². The molecule has 0 radical (unpaired) electrons. The van der Waals surface area contributed by atoms with Crippen LogP contribution in [0, 0.1) is 13.8 Å². The van der Waals surface area contributed by atoms with E-state index in [1.165, 1.54) is 5.56 Å². The Hall–Kier alpha value is -3.20. The van der Waals surface area contributed by atoms with Crippen molar-refractivity contribution in [3.63, 3.8) is 0 Å². The van der Waals surface area contributed by atoms with Crippen molar-refractivity contribution in [2.24, 2.45) is 0 Å². The van der Waals surface area contributed by atoms with Crippen molar-refractivity contribution in [2.75, 3.05) is 12.8 Å². The molecule has 7 nitrogen and oxygen atoms in total. The first-order valence-electron chi connectivity index (χ1n) is 11.1. The second-order valence-electron chi connectivity index (χ2n) is 8.51. The summed E-state index contributed by atoms with van der Waals surface area (Å²) in [6.45, 7) is 3.10. The molecule has 1 aliphatic rings. The highest BCUT2D eigenvalue weighted by Gasteiger charge is 2.67. The summed E-state index contributed by atoms with van der Waals surface area (Å²) < 4.78 is 24.4. The first kappa shape index (κ1) is 29.0. The summed E-state index contributed by atoms with van der Waals surface area (Å²) in [7, 11) is -3.98. The van der Waals surface area contributed by atoms with Crippen LogP contribution in [0.5, 0.6) is 0 Å². The van der Waals surface area contributed by atoms with Gasteiger partial charge in [-0.25, -0.2) is 8.42 Å². The number of benzene rings is 3. The number of nitrogens with zero attached hydrogens (tertiary/aromatic N) is 1. The van der Waals surface area contributed by atoms with Gasteiger partial charge in [-0.3, -0.25) is 9.59 Å². The lowest BCUT2D eigenvalue weighted by molar-refractivity contribution is -0.145. The number of aryl methyl sites for hydroxylation is 2. The second kappa shape index (κ2) is 12.7. The largest absolute Gasteiger partial charge is 0.480 e. The zero-order chi connectivity index (χ0) is 26.9. The van der Waals surface area contributed by atoms with Gasteiger partial charge in [0.2, 0.25) is 10.0 Å². The third kappa shape index (κ3) is 8.19. The zero-order valence-corrected chi connectivity index (χ0v) is 21.9. The van der Waals surface area contributed by atoms with Crippen LogP contribution in [0.2, 0.25) is 5.02 Å². The molecule has 1 saturated carbocycles. The van der Waals surface area contributed by atoms with Crippen LogP contribution >= 0.6 is 11.6 Å². The molecule has 3 aromatic rings. The Balaban J connectivity index is 0.000000262. The number of carbonyl (C=O) groups is 2. The van der Waals surface area contributed by atoms with Gasteiger partial charge in [0.05, 0.1) is 6.26 Å². The molecule has 4 rings (SSSR count). The molecule has 1 fully saturated rings. The maximum absolute atomic E-state index is 11.9. The van der Waals surface area contributed by atoms with E-state index in [0.717, 1.165) is 16.8 Å². The average Bonchev–Trinajstić information content (AvgIpc) is 3.56. The van der Waals surface area contributed by atoms with E-state index in [9.17, 15) is 23.1 Å². The summed E-state index contributed by atoms with van der Waals surface area (Å²) in [5.74, 6) is -3.27. The first-order chi connectivity index (χ1) is 16.9. The van der Waals surface area contributed by atoms with Crippen molar-refractivity contribution in [3.8, 4) is 0 Å². The normalized spacial score (nSPS) is 18.2. The van der Waals surface area contributed by atoms with Crippen molar-refractivity contribution in [3.05, 3.63) is 107 Å². The average molecular weight is 532 g/mol. The number of hydrogen-bond donors (Lipinski definition) is 2. The Bertz CT molecular complexity index is 1210. The van der Waals surface area contributed by atoms with Crippen LogP contribution in [0.4, 0.5) is 0 Å². The summed E-state index contributed by atoms with van der Waals surface area (Å²) in [6.07, 6.45) is 0.886. The smallest absolute Gasteiger partial charge is 0.325 e. The molecule has 9 heteroatoms. The summed E-state index contributed by atoms with van der Waals surface area (Å²) in [5, 5.41) is 19.2. The molecule has 2 atom stereocenters. The zero-order valence-electron chi connectivity index (χ0n) is 20.3. The standard InChI is InChI=1S/C14H17NO6S.C7H8.C6H5Cl/c1-9-3-5-10(6-4-9)11-7-14(11,13(18)19)15(8-12(16)17)22(2,20)21;1-7-5-3-2-4-6-7;7-6-4-2-1-3-5-6/h3-6,11H,7-8H2,1-2H3,(H,16,17)(H,18,19);2-6H,1H3;1-5H. The van der Waals surface area contributed by atoms with Crippen LogP contribution in [0.25, 0.3) is 0 Å². The minimum atomic E-state index is -3.98. The van der Waals surface area contributed by atoms with E-state index in [2.05, 4.69) is 19.1 Å². The number of carboxylic acid groups (broad SMARTS) is 2. The Labute approximate surface area is 217 Å². The van der Waals surface area contributed by atoms with E-state index in [0.29, 0.717) is 9.87 Å². The molecule has 3 aromatic carbocycles. The minimum Gasteiger partial charge on any atom is -0.480 e. The molecule has 36 heavy (non-hydrogen) atoms. The van der Waals surface area contributed by atoms with Gasteiger partial charge in [0.25, 0.3) is 0 Å². The topological polar surface area (TPSA) is 112 Å². The molecule has 192 valence electrons. The number of hydrogen-bond acceptors (Lipinski definition) is 4. The Morgan fingerprint density at radius 1 is 0.889 bits per heavy atom. The molecule has 0 saturated heterocycles. The number of halogens is 1. The van der Waals surface area contributed by atoms with E-state index in [1.54, 1.807) is 12.1 Å².